The van der Waals surface area contributed by atoms with Crippen LogP contribution in [0.4, 0.5) is 0 Å². The molecule has 0 bridgehead atoms. The van der Waals surface area contributed by atoms with Crippen LogP contribution in [-0.2, 0) is 4.79 Å². The first-order valence-electron chi connectivity index (χ1n) is 9.02. The molecule has 0 aliphatic rings. The summed E-state index contributed by atoms with van der Waals surface area (Å²) in [6, 6.07) is 17.7. The number of fused-ring (bicyclic) bond motifs is 1. The molecule has 0 radical (unpaired) electrons. The van der Waals surface area contributed by atoms with Crippen LogP contribution < -0.4 is 4.74 Å². The van der Waals surface area contributed by atoms with Gasteiger partial charge in [-0.05, 0) is 38.2 Å². The predicted octanol–water partition coefficient (Wildman–Crippen LogP) is 3.83. The van der Waals surface area contributed by atoms with E-state index in [1.54, 1.807) is 16.2 Å². The van der Waals surface area contributed by atoms with Gasteiger partial charge in [-0.15, -0.1) is 11.3 Å². The van der Waals surface area contributed by atoms with Crippen LogP contribution >= 0.6 is 11.3 Å². The number of aromatic nitrogens is 1. The van der Waals surface area contributed by atoms with Gasteiger partial charge in [-0.2, -0.15) is 0 Å². The van der Waals surface area contributed by atoms with Crippen molar-refractivity contribution < 1.29 is 9.53 Å². The lowest BCUT2D eigenvalue weighted by atomic mass is 10.3. The first-order valence-corrected chi connectivity index (χ1v) is 9.84. The Kier molecular flexibility index (Phi) is 6.42. The van der Waals surface area contributed by atoms with Gasteiger partial charge in [0.15, 0.2) is 0 Å². The Bertz CT molecular complexity index is 848. The largest absolute Gasteiger partial charge is 0.492 e. The van der Waals surface area contributed by atoms with Gasteiger partial charge in [0.2, 0.25) is 5.91 Å². The van der Waals surface area contributed by atoms with E-state index >= 15 is 0 Å². The van der Waals surface area contributed by atoms with E-state index in [1.165, 1.54) is 0 Å². The van der Waals surface area contributed by atoms with Crippen molar-refractivity contribution in [2.24, 2.45) is 0 Å². The molecule has 1 atom stereocenters. The molecule has 6 heteroatoms. The molecular weight excluding hydrogens is 358 g/mol. The number of amides is 1. The van der Waals surface area contributed by atoms with Crippen molar-refractivity contribution in [1.82, 2.24) is 14.8 Å². The van der Waals surface area contributed by atoms with Crippen LogP contribution in [0.25, 0.3) is 10.2 Å². The third-order valence-corrected chi connectivity index (χ3v) is 5.74. The van der Waals surface area contributed by atoms with Crippen LogP contribution in [0.2, 0.25) is 0 Å². The Hall–Kier alpha value is -2.44. The summed E-state index contributed by atoms with van der Waals surface area (Å²) in [5.74, 6) is 0.919. The van der Waals surface area contributed by atoms with Gasteiger partial charge in [-0.3, -0.25) is 9.69 Å². The number of para-hydroxylation sites is 2. The highest BCUT2D eigenvalue weighted by Gasteiger charge is 2.21. The first kappa shape index (κ1) is 19.3. The Labute approximate surface area is 164 Å². The Morgan fingerprint density at radius 3 is 2.56 bits per heavy atom. The van der Waals surface area contributed by atoms with Crippen LogP contribution in [0.15, 0.2) is 54.6 Å². The number of nitrogens with zero attached hydrogens (tertiary/aromatic N) is 3. The Balaban J connectivity index is 1.50. The third-order valence-electron chi connectivity index (χ3n) is 4.53. The van der Waals surface area contributed by atoms with Gasteiger partial charge < -0.3 is 9.64 Å². The second-order valence-corrected chi connectivity index (χ2v) is 7.66. The minimum Gasteiger partial charge on any atom is -0.492 e. The number of benzene rings is 2. The molecule has 0 aliphatic carbocycles. The summed E-state index contributed by atoms with van der Waals surface area (Å²) in [7, 11) is 3.77. The van der Waals surface area contributed by atoms with Crippen LogP contribution in [0.5, 0.6) is 5.75 Å². The normalized spacial score (nSPS) is 12.3. The van der Waals surface area contributed by atoms with E-state index in [-0.39, 0.29) is 11.9 Å². The maximum atomic E-state index is 12.6. The molecule has 142 valence electrons. The molecule has 0 unspecified atom stereocenters. The van der Waals surface area contributed by atoms with E-state index < -0.39 is 0 Å². The molecule has 0 aliphatic heterocycles. The lowest BCUT2D eigenvalue weighted by molar-refractivity contribution is -0.132. The fourth-order valence-corrected chi connectivity index (χ4v) is 3.77. The monoisotopic (exact) mass is 383 g/mol. The van der Waals surface area contributed by atoms with Crippen LogP contribution in [0.3, 0.4) is 0 Å². The second kappa shape index (κ2) is 8.97. The van der Waals surface area contributed by atoms with Crippen molar-refractivity contribution in [2.45, 2.75) is 13.0 Å². The number of hydrogen-bond donors (Lipinski definition) is 0. The van der Waals surface area contributed by atoms with E-state index in [1.807, 2.05) is 74.4 Å². The SMILES string of the molecule is C[C@@H](c1nc2ccccc2s1)N(C)C(=O)CN(C)CCOc1ccccc1. The molecule has 3 rings (SSSR count). The number of rotatable bonds is 8. The number of ether oxygens (including phenoxy) is 1. The van der Waals surface area contributed by atoms with Crippen LogP contribution in [0, 0.1) is 0 Å². The van der Waals surface area contributed by atoms with Crippen molar-refractivity contribution in [2.75, 3.05) is 33.8 Å². The quantitative estimate of drug-likeness (QED) is 0.593. The van der Waals surface area contributed by atoms with Crippen molar-refractivity contribution in [3.63, 3.8) is 0 Å². The average molecular weight is 384 g/mol. The van der Waals surface area contributed by atoms with E-state index in [4.69, 9.17) is 4.74 Å². The molecule has 2 aromatic carbocycles. The summed E-state index contributed by atoms with van der Waals surface area (Å²) in [5.41, 5.74) is 0.986. The summed E-state index contributed by atoms with van der Waals surface area (Å²) in [5, 5.41) is 0.960. The van der Waals surface area contributed by atoms with Crippen molar-refractivity contribution >= 4 is 27.5 Å². The fourth-order valence-electron chi connectivity index (χ4n) is 2.71. The van der Waals surface area contributed by atoms with Gasteiger partial charge in [0.25, 0.3) is 0 Å². The number of likely N-dealkylation sites (N-methyl/N-ethyl adjacent to an activating group) is 2. The van der Waals surface area contributed by atoms with E-state index in [0.717, 1.165) is 21.0 Å². The fraction of sp³-hybridized carbons (Fsp3) is 0.333. The van der Waals surface area contributed by atoms with Crippen molar-refractivity contribution in [3.8, 4) is 5.75 Å². The zero-order valence-corrected chi connectivity index (χ0v) is 16.8. The summed E-state index contributed by atoms with van der Waals surface area (Å²) in [6.45, 7) is 3.60. The van der Waals surface area contributed by atoms with Crippen molar-refractivity contribution in [1.29, 1.82) is 0 Å². The summed E-state index contributed by atoms with van der Waals surface area (Å²) in [6.07, 6.45) is 0. The van der Waals surface area contributed by atoms with Gasteiger partial charge in [0.05, 0.1) is 22.8 Å². The van der Waals surface area contributed by atoms with E-state index in [9.17, 15) is 4.79 Å². The van der Waals surface area contributed by atoms with Gasteiger partial charge in [0.1, 0.15) is 17.4 Å². The maximum absolute atomic E-state index is 12.6. The third kappa shape index (κ3) is 5.05. The van der Waals surface area contributed by atoms with Crippen molar-refractivity contribution in [3.05, 3.63) is 59.6 Å². The second-order valence-electron chi connectivity index (χ2n) is 6.60. The number of carbonyl (C=O) groups is 1. The van der Waals surface area contributed by atoms with Crippen LogP contribution in [0.1, 0.15) is 18.0 Å². The lowest BCUT2D eigenvalue weighted by Gasteiger charge is -2.26. The summed E-state index contributed by atoms with van der Waals surface area (Å²) < 4.78 is 6.84. The number of carbonyl (C=O) groups excluding carboxylic acids is 1. The summed E-state index contributed by atoms with van der Waals surface area (Å²) in [4.78, 5) is 21.1. The molecule has 0 N–H and O–H groups in total. The molecule has 0 fully saturated rings. The maximum Gasteiger partial charge on any atom is 0.237 e. The molecule has 5 nitrogen and oxygen atoms in total. The topological polar surface area (TPSA) is 45.7 Å². The Morgan fingerprint density at radius 2 is 1.81 bits per heavy atom. The molecule has 1 amide bonds. The standard InChI is InChI=1S/C21H25N3O2S/c1-16(21-22-18-11-7-8-12-19(18)27-21)24(3)20(25)15-23(2)13-14-26-17-9-5-4-6-10-17/h4-12,16H,13-15H2,1-3H3/t16-/m0/s1. The minimum absolute atomic E-state index is 0.0520. The average Bonchev–Trinajstić information content (AvgIpc) is 3.11. The van der Waals surface area contributed by atoms with Gasteiger partial charge in [0, 0.05) is 13.6 Å². The highest BCUT2D eigenvalue weighted by Crippen LogP contribution is 2.28. The Morgan fingerprint density at radius 1 is 1.11 bits per heavy atom. The predicted molar refractivity (Wildman–Crippen MR) is 110 cm³/mol. The molecule has 1 heterocycles. The zero-order chi connectivity index (χ0) is 19.2. The van der Waals surface area contributed by atoms with Gasteiger partial charge in [-0.25, -0.2) is 4.98 Å². The van der Waals surface area contributed by atoms with Gasteiger partial charge in [-0.1, -0.05) is 30.3 Å². The highest BCUT2D eigenvalue weighted by atomic mass is 32.1. The molecule has 0 spiro atoms. The summed E-state index contributed by atoms with van der Waals surface area (Å²) >= 11 is 1.64. The highest BCUT2D eigenvalue weighted by molar-refractivity contribution is 7.18. The molecule has 3 aromatic rings. The smallest absolute Gasteiger partial charge is 0.237 e. The van der Waals surface area contributed by atoms with E-state index in [0.29, 0.717) is 19.7 Å². The first-order chi connectivity index (χ1) is 13.0. The van der Waals surface area contributed by atoms with E-state index in [2.05, 4.69) is 11.1 Å². The minimum atomic E-state index is -0.0520. The number of thiazole rings is 1. The molecule has 1 aromatic heterocycles. The number of hydrogen-bond acceptors (Lipinski definition) is 5. The molecule has 0 saturated heterocycles. The molecular formula is C21H25N3O2S. The molecule has 0 saturated carbocycles. The van der Waals surface area contributed by atoms with Crippen LogP contribution in [-0.4, -0.2) is 54.5 Å². The zero-order valence-electron chi connectivity index (χ0n) is 16.0. The lowest BCUT2D eigenvalue weighted by Crippen LogP contribution is -2.39. The molecule has 27 heavy (non-hydrogen) atoms. The van der Waals surface area contributed by atoms with Gasteiger partial charge >= 0.3 is 0 Å².